The Morgan fingerprint density at radius 2 is 1.59 bits per heavy atom. The molecule has 2 aliphatic rings. The molecule has 1 saturated heterocycles. The van der Waals surface area contributed by atoms with Crippen LogP contribution < -0.4 is 4.74 Å². The minimum Gasteiger partial charge on any atom is -0.496 e. The van der Waals surface area contributed by atoms with E-state index in [1.165, 1.54) is 0 Å². The van der Waals surface area contributed by atoms with Gasteiger partial charge in [-0.3, -0.25) is 4.79 Å². The SMILES string of the molecule is COc1ccccc1[C@H]1CC(=O)O[C@]2(c3ccccc3)OC(c3ccccc3)=C(C#N)[C@H]12. The number of carbonyl (C=O) groups excluding carboxylic acids is 1. The Hall–Kier alpha value is -4.04. The molecule has 3 aromatic rings. The molecule has 5 rings (SSSR count). The van der Waals surface area contributed by atoms with Gasteiger partial charge in [-0.1, -0.05) is 78.9 Å². The summed E-state index contributed by atoms with van der Waals surface area (Å²) < 4.78 is 18.1. The van der Waals surface area contributed by atoms with Crippen LogP contribution in [0.25, 0.3) is 5.76 Å². The number of carbonyl (C=O) groups is 1. The van der Waals surface area contributed by atoms with Crippen molar-refractivity contribution in [1.82, 2.24) is 0 Å². The zero-order valence-corrected chi connectivity index (χ0v) is 17.5. The van der Waals surface area contributed by atoms with Crippen LogP contribution in [0, 0.1) is 17.2 Å². The van der Waals surface area contributed by atoms with E-state index in [2.05, 4.69) is 6.07 Å². The molecule has 32 heavy (non-hydrogen) atoms. The summed E-state index contributed by atoms with van der Waals surface area (Å²) in [5.74, 6) is -1.59. The summed E-state index contributed by atoms with van der Waals surface area (Å²) in [4.78, 5) is 13.0. The molecular weight excluding hydrogens is 402 g/mol. The molecule has 158 valence electrons. The molecule has 0 radical (unpaired) electrons. The average molecular weight is 423 g/mol. The molecule has 0 N–H and O–H groups in total. The van der Waals surface area contributed by atoms with Crippen molar-refractivity contribution in [3.05, 3.63) is 107 Å². The number of nitriles is 1. The number of ether oxygens (including phenoxy) is 3. The first kappa shape index (κ1) is 19.9. The Morgan fingerprint density at radius 3 is 2.28 bits per heavy atom. The van der Waals surface area contributed by atoms with E-state index in [0.29, 0.717) is 22.6 Å². The van der Waals surface area contributed by atoms with Gasteiger partial charge < -0.3 is 14.2 Å². The smallest absolute Gasteiger partial charge is 0.310 e. The molecule has 0 spiro atoms. The molecule has 1 fully saturated rings. The lowest BCUT2D eigenvalue weighted by Gasteiger charge is -2.42. The molecule has 0 amide bonds. The molecule has 5 nitrogen and oxygen atoms in total. The van der Waals surface area contributed by atoms with Crippen LogP contribution in [0.3, 0.4) is 0 Å². The van der Waals surface area contributed by atoms with Gasteiger partial charge in [-0.15, -0.1) is 0 Å². The standard InChI is InChI=1S/C27H21NO4/c1-30-23-15-9-8-14-20(23)21-16-24(29)31-27(19-12-6-3-7-13-19)25(21)22(17-28)26(32-27)18-10-4-2-5-11-18/h2-15,21,25H,16H2,1H3/t21-,25+,27-/m1/s1. The number of methoxy groups -OCH3 is 1. The van der Waals surface area contributed by atoms with Crippen molar-refractivity contribution in [3.63, 3.8) is 0 Å². The Morgan fingerprint density at radius 1 is 0.938 bits per heavy atom. The minimum absolute atomic E-state index is 0.121. The maximum absolute atomic E-state index is 13.0. The highest BCUT2D eigenvalue weighted by Gasteiger charge is 2.61. The topological polar surface area (TPSA) is 68.6 Å². The second kappa shape index (κ2) is 7.90. The van der Waals surface area contributed by atoms with Gasteiger partial charge in [0.2, 0.25) is 0 Å². The van der Waals surface area contributed by atoms with Crippen LogP contribution in [-0.4, -0.2) is 13.1 Å². The molecular formula is C27H21NO4. The lowest BCUT2D eigenvalue weighted by atomic mass is 9.71. The van der Waals surface area contributed by atoms with Crippen molar-refractivity contribution in [2.24, 2.45) is 5.92 Å². The average Bonchev–Trinajstić information content (AvgIpc) is 3.20. The van der Waals surface area contributed by atoms with Crippen molar-refractivity contribution < 1.29 is 19.0 Å². The van der Waals surface area contributed by atoms with Crippen molar-refractivity contribution in [2.75, 3.05) is 7.11 Å². The van der Waals surface area contributed by atoms with E-state index in [-0.39, 0.29) is 18.3 Å². The number of fused-ring (bicyclic) bond motifs is 1. The van der Waals surface area contributed by atoms with Crippen molar-refractivity contribution >= 4 is 11.7 Å². The molecule has 2 aliphatic heterocycles. The second-order valence-electron chi connectivity index (χ2n) is 7.86. The number of hydrogen-bond acceptors (Lipinski definition) is 5. The zero-order valence-electron chi connectivity index (χ0n) is 17.5. The largest absolute Gasteiger partial charge is 0.496 e. The quantitative estimate of drug-likeness (QED) is 0.542. The summed E-state index contributed by atoms with van der Waals surface area (Å²) in [7, 11) is 1.60. The summed E-state index contributed by atoms with van der Waals surface area (Å²) in [5.41, 5.74) is 2.77. The first-order valence-corrected chi connectivity index (χ1v) is 10.5. The van der Waals surface area contributed by atoms with Gasteiger partial charge in [0.05, 0.1) is 31.1 Å². The lowest BCUT2D eigenvalue weighted by molar-refractivity contribution is -0.238. The minimum atomic E-state index is -1.43. The van der Waals surface area contributed by atoms with E-state index >= 15 is 0 Å². The van der Waals surface area contributed by atoms with E-state index < -0.39 is 11.7 Å². The highest BCUT2D eigenvalue weighted by Crippen LogP contribution is 2.59. The summed E-state index contributed by atoms with van der Waals surface area (Å²) in [6.07, 6.45) is 0.121. The van der Waals surface area contributed by atoms with Gasteiger partial charge in [0.1, 0.15) is 11.5 Å². The van der Waals surface area contributed by atoms with Gasteiger partial charge >= 0.3 is 5.97 Å². The third-order valence-electron chi connectivity index (χ3n) is 6.14. The summed E-state index contributed by atoms with van der Waals surface area (Å²) in [6, 6.07) is 28.8. The van der Waals surface area contributed by atoms with E-state index in [0.717, 1.165) is 11.1 Å². The van der Waals surface area contributed by atoms with Crippen LogP contribution >= 0.6 is 0 Å². The highest BCUT2D eigenvalue weighted by molar-refractivity contribution is 5.78. The summed E-state index contributed by atoms with van der Waals surface area (Å²) in [5, 5.41) is 10.3. The van der Waals surface area contributed by atoms with E-state index in [9.17, 15) is 10.1 Å². The number of esters is 1. The molecule has 0 unspecified atom stereocenters. The van der Waals surface area contributed by atoms with Crippen LogP contribution in [0.2, 0.25) is 0 Å². The normalized spacial score (nSPS) is 24.2. The lowest BCUT2D eigenvalue weighted by Crippen LogP contribution is -2.46. The monoisotopic (exact) mass is 423 g/mol. The molecule has 0 bridgehead atoms. The second-order valence-corrected chi connectivity index (χ2v) is 7.86. The zero-order chi connectivity index (χ0) is 22.1. The molecule has 2 heterocycles. The van der Waals surface area contributed by atoms with Gasteiger partial charge in [-0.2, -0.15) is 5.26 Å². The van der Waals surface area contributed by atoms with Gasteiger partial charge in [0.25, 0.3) is 5.79 Å². The van der Waals surface area contributed by atoms with E-state index in [4.69, 9.17) is 14.2 Å². The van der Waals surface area contributed by atoms with E-state index in [1.54, 1.807) is 7.11 Å². The maximum Gasteiger partial charge on any atom is 0.310 e. The predicted octanol–water partition coefficient (Wildman–Crippen LogP) is 5.16. The van der Waals surface area contributed by atoms with Gasteiger partial charge in [0.15, 0.2) is 0 Å². The molecule has 0 saturated carbocycles. The molecule has 0 aliphatic carbocycles. The fourth-order valence-electron chi connectivity index (χ4n) is 4.81. The van der Waals surface area contributed by atoms with Crippen LogP contribution in [0.1, 0.15) is 29.0 Å². The Balaban J connectivity index is 1.77. The number of para-hydroxylation sites is 1. The third-order valence-corrected chi connectivity index (χ3v) is 6.14. The first-order chi connectivity index (χ1) is 15.7. The molecule has 0 aromatic heterocycles. The van der Waals surface area contributed by atoms with Crippen molar-refractivity contribution in [2.45, 2.75) is 18.1 Å². The molecule has 5 heteroatoms. The fourth-order valence-corrected chi connectivity index (χ4v) is 4.81. The molecule has 3 atom stereocenters. The first-order valence-electron chi connectivity index (χ1n) is 10.5. The third kappa shape index (κ3) is 3.04. The summed E-state index contributed by atoms with van der Waals surface area (Å²) >= 11 is 0. The van der Waals surface area contributed by atoms with Gasteiger partial charge in [-0.25, -0.2) is 0 Å². The Labute approximate surface area is 186 Å². The molecule has 3 aromatic carbocycles. The Kier molecular flexibility index (Phi) is 4.91. The predicted molar refractivity (Wildman–Crippen MR) is 118 cm³/mol. The Bertz CT molecular complexity index is 1230. The van der Waals surface area contributed by atoms with Gasteiger partial charge in [0, 0.05) is 17.0 Å². The fraction of sp³-hybridized carbons (Fsp3) is 0.185. The maximum atomic E-state index is 13.0. The van der Waals surface area contributed by atoms with Crippen LogP contribution in [0.4, 0.5) is 0 Å². The van der Waals surface area contributed by atoms with Gasteiger partial charge in [-0.05, 0) is 11.6 Å². The van der Waals surface area contributed by atoms with E-state index in [1.807, 2.05) is 84.9 Å². The number of rotatable bonds is 4. The van der Waals surface area contributed by atoms with Crippen LogP contribution in [0.5, 0.6) is 5.75 Å². The number of benzene rings is 3. The van der Waals surface area contributed by atoms with Crippen molar-refractivity contribution in [1.29, 1.82) is 5.26 Å². The van der Waals surface area contributed by atoms with Crippen LogP contribution in [0.15, 0.2) is 90.5 Å². The van der Waals surface area contributed by atoms with Crippen molar-refractivity contribution in [3.8, 4) is 11.8 Å². The summed E-state index contributed by atoms with van der Waals surface area (Å²) in [6.45, 7) is 0. The highest BCUT2D eigenvalue weighted by atomic mass is 16.7. The number of hydrogen-bond donors (Lipinski definition) is 0. The van der Waals surface area contributed by atoms with Crippen LogP contribution in [-0.2, 0) is 20.1 Å². The number of nitrogens with zero attached hydrogens (tertiary/aromatic N) is 1.